The summed E-state index contributed by atoms with van der Waals surface area (Å²) in [6.07, 6.45) is 2.33. The maximum atomic E-state index is 13.5. The molecule has 6 nitrogen and oxygen atoms in total. The van der Waals surface area contributed by atoms with Crippen LogP contribution in [-0.4, -0.2) is 23.6 Å². The molecule has 7 heteroatoms. The van der Waals surface area contributed by atoms with Crippen molar-refractivity contribution in [1.29, 1.82) is 0 Å². The van der Waals surface area contributed by atoms with Gasteiger partial charge in [-0.3, -0.25) is 10.1 Å². The van der Waals surface area contributed by atoms with Gasteiger partial charge in [-0.2, -0.15) is 0 Å². The van der Waals surface area contributed by atoms with E-state index in [1.165, 1.54) is 18.2 Å². The van der Waals surface area contributed by atoms with Gasteiger partial charge in [-0.1, -0.05) is 53.2 Å². The number of carbonyl (C=O) groups is 2. The summed E-state index contributed by atoms with van der Waals surface area (Å²) in [5.41, 5.74) is 2.78. The van der Waals surface area contributed by atoms with Gasteiger partial charge in [-0.15, -0.1) is 0 Å². The Morgan fingerprint density at radius 3 is 2.68 bits per heavy atom. The molecule has 1 amide bonds. The Bertz CT molecular complexity index is 1010. The third-order valence-electron chi connectivity index (χ3n) is 3.77. The van der Waals surface area contributed by atoms with Crippen LogP contribution in [0.2, 0.25) is 0 Å². The molecule has 1 aromatic heterocycles. The zero-order valence-electron chi connectivity index (χ0n) is 15.0. The smallest absolute Gasteiger partial charge is 0.331 e. The predicted molar refractivity (Wildman–Crippen MR) is 102 cm³/mol. The minimum absolute atomic E-state index is 0.138. The molecule has 3 aromatic rings. The molecule has 1 heterocycles. The molecular weight excluding hydrogens is 363 g/mol. The SMILES string of the molecule is Cc1ccc(-c2cc(NC(=O)COC(=O)/C=C/c3ccccc3F)on2)cc1. The van der Waals surface area contributed by atoms with Gasteiger partial charge in [0.15, 0.2) is 6.61 Å². The molecule has 3 rings (SSSR count). The van der Waals surface area contributed by atoms with Crippen molar-refractivity contribution in [2.45, 2.75) is 6.92 Å². The number of hydrogen-bond acceptors (Lipinski definition) is 5. The molecule has 2 aromatic carbocycles. The van der Waals surface area contributed by atoms with Crippen LogP contribution in [-0.2, 0) is 14.3 Å². The lowest BCUT2D eigenvalue weighted by molar-refractivity contribution is -0.142. The van der Waals surface area contributed by atoms with Crippen molar-refractivity contribution in [2.24, 2.45) is 0 Å². The van der Waals surface area contributed by atoms with Crippen molar-refractivity contribution < 1.29 is 23.2 Å². The highest BCUT2D eigenvalue weighted by atomic mass is 19.1. The topological polar surface area (TPSA) is 81.4 Å². The van der Waals surface area contributed by atoms with Crippen LogP contribution in [0.3, 0.4) is 0 Å². The number of nitrogens with one attached hydrogen (secondary N) is 1. The second-order valence-corrected chi connectivity index (χ2v) is 5.95. The highest BCUT2D eigenvalue weighted by Gasteiger charge is 2.11. The van der Waals surface area contributed by atoms with E-state index in [1.807, 2.05) is 31.2 Å². The van der Waals surface area contributed by atoms with E-state index in [4.69, 9.17) is 9.26 Å². The van der Waals surface area contributed by atoms with E-state index < -0.39 is 24.3 Å². The molecule has 0 fully saturated rings. The fourth-order valence-electron chi connectivity index (χ4n) is 2.32. The van der Waals surface area contributed by atoms with E-state index in [1.54, 1.807) is 18.2 Å². The fourth-order valence-corrected chi connectivity index (χ4v) is 2.32. The van der Waals surface area contributed by atoms with Gasteiger partial charge in [-0.25, -0.2) is 9.18 Å². The molecule has 0 aliphatic heterocycles. The first-order valence-electron chi connectivity index (χ1n) is 8.44. The van der Waals surface area contributed by atoms with Gasteiger partial charge in [0.05, 0.1) is 0 Å². The molecular formula is C21H17FN2O4. The molecule has 0 radical (unpaired) electrons. The van der Waals surface area contributed by atoms with Gasteiger partial charge in [0.25, 0.3) is 5.91 Å². The van der Waals surface area contributed by atoms with E-state index in [2.05, 4.69) is 10.5 Å². The van der Waals surface area contributed by atoms with Gasteiger partial charge in [-0.05, 0) is 19.1 Å². The second kappa shape index (κ2) is 8.77. The number of carbonyl (C=O) groups excluding carboxylic acids is 2. The molecule has 1 N–H and O–H groups in total. The average Bonchev–Trinajstić information content (AvgIpc) is 3.14. The van der Waals surface area contributed by atoms with Gasteiger partial charge < -0.3 is 9.26 Å². The first kappa shape index (κ1) is 19.0. The van der Waals surface area contributed by atoms with Gasteiger partial charge in [0.1, 0.15) is 11.5 Å². The van der Waals surface area contributed by atoms with Gasteiger partial charge >= 0.3 is 5.97 Å². The van der Waals surface area contributed by atoms with Crippen LogP contribution < -0.4 is 5.32 Å². The van der Waals surface area contributed by atoms with Crippen LogP contribution >= 0.6 is 0 Å². The standard InChI is InChI=1S/C21H17FN2O4/c1-14-6-8-16(9-7-14)18-12-20(28-24-18)23-19(25)13-27-21(26)11-10-15-4-2-3-5-17(15)22/h2-12H,13H2,1H3,(H,23,25)/b11-10+. The number of rotatable bonds is 6. The van der Waals surface area contributed by atoms with E-state index in [0.29, 0.717) is 5.69 Å². The predicted octanol–water partition coefficient (Wildman–Crippen LogP) is 3.98. The van der Waals surface area contributed by atoms with E-state index in [0.717, 1.165) is 17.2 Å². The first-order chi connectivity index (χ1) is 13.5. The molecule has 0 saturated carbocycles. The lowest BCUT2D eigenvalue weighted by Crippen LogP contribution is -2.19. The normalized spacial score (nSPS) is 10.8. The van der Waals surface area contributed by atoms with E-state index >= 15 is 0 Å². The molecule has 0 bridgehead atoms. The minimum Gasteiger partial charge on any atom is -0.452 e. The number of aryl methyl sites for hydroxylation is 1. The lowest BCUT2D eigenvalue weighted by Gasteiger charge is -2.01. The number of amides is 1. The van der Waals surface area contributed by atoms with Crippen LogP contribution in [0.4, 0.5) is 10.3 Å². The Morgan fingerprint density at radius 2 is 1.93 bits per heavy atom. The zero-order chi connectivity index (χ0) is 19.9. The van der Waals surface area contributed by atoms with Crippen molar-refractivity contribution in [2.75, 3.05) is 11.9 Å². The Kier molecular flexibility index (Phi) is 5.96. The van der Waals surface area contributed by atoms with E-state index in [-0.39, 0.29) is 11.4 Å². The second-order valence-electron chi connectivity index (χ2n) is 5.95. The fraction of sp³-hybridized carbons (Fsp3) is 0.0952. The van der Waals surface area contributed by atoms with Gasteiger partial charge in [0, 0.05) is 23.3 Å². The number of hydrogen-bond donors (Lipinski definition) is 1. The Labute approximate surface area is 160 Å². The molecule has 0 spiro atoms. The third kappa shape index (κ3) is 5.14. The summed E-state index contributed by atoms with van der Waals surface area (Å²) >= 11 is 0. The van der Waals surface area contributed by atoms with Crippen LogP contribution in [0.15, 0.2) is 65.2 Å². The average molecular weight is 380 g/mol. The van der Waals surface area contributed by atoms with Crippen LogP contribution in [0.5, 0.6) is 0 Å². The number of esters is 1. The highest BCUT2D eigenvalue weighted by molar-refractivity contribution is 5.94. The molecule has 0 aliphatic carbocycles. The van der Waals surface area contributed by atoms with Crippen molar-refractivity contribution in [3.05, 3.63) is 77.6 Å². The molecule has 0 saturated heterocycles. The summed E-state index contributed by atoms with van der Waals surface area (Å²) in [5.74, 6) is -1.67. The van der Waals surface area contributed by atoms with Crippen molar-refractivity contribution in [3.63, 3.8) is 0 Å². The lowest BCUT2D eigenvalue weighted by atomic mass is 10.1. The largest absolute Gasteiger partial charge is 0.452 e. The number of ether oxygens (including phenoxy) is 1. The molecule has 0 aliphatic rings. The number of aromatic nitrogens is 1. The monoisotopic (exact) mass is 380 g/mol. The summed E-state index contributed by atoms with van der Waals surface area (Å²) in [5, 5.41) is 6.34. The summed E-state index contributed by atoms with van der Waals surface area (Å²) in [7, 11) is 0. The molecule has 28 heavy (non-hydrogen) atoms. The Morgan fingerprint density at radius 1 is 1.18 bits per heavy atom. The quantitative estimate of drug-likeness (QED) is 0.517. The third-order valence-corrected chi connectivity index (χ3v) is 3.77. The Balaban J connectivity index is 1.50. The van der Waals surface area contributed by atoms with Gasteiger partial charge in [0.2, 0.25) is 5.88 Å². The van der Waals surface area contributed by atoms with E-state index in [9.17, 15) is 14.0 Å². The van der Waals surface area contributed by atoms with Crippen molar-refractivity contribution in [1.82, 2.24) is 5.16 Å². The summed E-state index contributed by atoms with van der Waals surface area (Å²) in [6.45, 7) is 1.46. The molecule has 0 atom stereocenters. The maximum absolute atomic E-state index is 13.5. The summed E-state index contributed by atoms with van der Waals surface area (Å²) < 4.78 is 23.3. The van der Waals surface area contributed by atoms with Crippen LogP contribution in [0.1, 0.15) is 11.1 Å². The van der Waals surface area contributed by atoms with Crippen molar-refractivity contribution in [3.8, 4) is 11.3 Å². The van der Waals surface area contributed by atoms with Crippen molar-refractivity contribution >= 4 is 23.8 Å². The molecule has 142 valence electrons. The maximum Gasteiger partial charge on any atom is 0.331 e. The Hall–Kier alpha value is -3.74. The summed E-state index contributed by atoms with van der Waals surface area (Å²) in [4.78, 5) is 23.5. The number of halogens is 1. The summed E-state index contributed by atoms with van der Waals surface area (Å²) in [6, 6.07) is 15.2. The number of nitrogens with zero attached hydrogens (tertiary/aromatic N) is 1. The zero-order valence-corrected chi connectivity index (χ0v) is 15.0. The minimum atomic E-state index is -0.767. The first-order valence-corrected chi connectivity index (χ1v) is 8.44. The molecule has 0 unspecified atom stereocenters. The number of benzene rings is 2. The van der Waals surface area contributed by atoms with Crippen LogP contribution in [0, 0.1) is 12.7 Å². The number of anilines is 1. The highest BCUT2D eigenvalue weighted by Crippen LogP contribution is 2.21. The van der Waals surface area contributed by atoms with Crippen LogP contribution in [0.25, 0.3) is 17.3 Å².